The largest absolute Gasteiger partial charge is 0.472 e. The van der Waals surface area contributed by atoms with Gasteiger partial charge < -0.3 is 33.8 Å². The summed E-state index contributed by atoms with van der Waals surface area (Å²) < 4.78 is 68.7. The van der Waals surface area contributed by atoms with Crippen molar-refractivity contribution >= 4 is 39.5 Å². The lowest BCUT2D eigenvalue weighted by atomic mass is 10.0. The van der Waals surface area contributed by atoms with Crippen molar-refractivity contribution in [2.24, 2.45) is 11.8 Å². The van der Waals surface area contributed by atoms with Crippen molar-refractivity contribution in [1.82, 2.24) is 0 Å². The molecule has 0 aliphatic rings. The van der Waals surface area contributed by atoms with Gasteiger partial charge >= 0.3 is 39.5 Å². The van der Waals surface area contributed by atoms with Crippen LogP contribution in [0.15, 0.2) is 0 Å². The van der Waals surface area contributed by atoms with Crippen LogP contribution in [0.2, 0.25) is 0 Å². The predicted octanol–water partition coefficient (Wildman–Crippen LogP) is 25.1. The molecule has 0 spiro atoms. The van der Waals surface area contributed by atoms with Gasteiger partial charge in [-0.05, 0) is 37.5 Å². The van der Waals surface area contributed by atoms with Gasteiger partial charge in [0.05, 0.1) is 26.4 Å². The number of carbonyl (C=O) groups excluding carboxylic acids is 4. The van der Waals surface area contributed by atoms with E-state index in [9.17, 15) is 43.2 Å². The number of rotatable bonds is 82. The van der Waals surface area contributed by atoms with Gasteiger partial charge in [-0.25, -0.2) is 9.13 Å². The second-order valence-corrected chi connectivity index (χ2v) is 33.7. The molecule has 0 aliphatic carbocycles. The monoisotopic (exact) mass is 1490 g/mol. The lowest BCUT2D eigenvalue weighted by molar-refractivity contribution is -0.161. The Balaban J connectivity index is 5.19. The maximum absolute atomic E-state index is 13.1. The smallest absolute Gasteiger partial charge is 0.462 e. The number of ether oxygens (including phenoxy) is 4. The highest BCUT2D eigenvalue weighted by Gasteiger charge is 2.30. The average molecular weight is 1490 g/mol. The minimum Gasteiger partial charge on any atom is -0.462 e. The van der Waals surface area contributed by atoms with E-state index in [1.807, 2.05) is 0 Å². The van der Waals surface area contributed by atoms with Crippen LogP contribution in [0.3, 0.4) is 0 Å². The summed E-state index contributed by atoms with van der Waals surface area (Å²) in [5.41, 5.74) is 0. The third-order valence-corrected chi connectivity index (χ3v) is 21.4. The lowest BCUT2D eigenvalue weighted by Crippen LogP contribution is -2.30. The van der Waals surface area contributed by atoms with Gasteiger partial charge in [0.15, 0.2) is 12.2 Å². The normalized spacial score (nSPS) is 13.9. The van der Waals surface area contributed by atoms with Gasteiger partial charge in [-0.3, -0.25) is 37.3 Å². The Morgan fingerprint density at radius 2 is 0.451 bits per heavy atom. The summed E-state index contributed by atoms with van der Waals surface area (Å²) in [5, 5.41) is 10.6. The molecule has 0 saturated carbocycles. The summed E-state index contributed by atoms with van der Waals surface area (Å²) in [7, 11) is -9.92. The first-order valence-electron chi connectivity index (χ1n) is 43.0. The van der Waals surface area contributed by atoms with Crippen LogP contribution >= 0.6 is 15.6 Å². The predicted molar refractivity (Wildman–Crippen MR) is 418 cm³/mol. The van der Waals surface area contributed by atoms with E-state index in [2.05, 4.69) is 41.5 Å². The number of hydrogen-bond acceptors (Lipinski definition) is 15. The topological polar surface area (TPSA) is 237 Å². The molecule has 102 heavy (non-hydrogen) atoms. The Morgan fingerprint density at radius 1 is 0.265 bits per heavy atom. The number of carbonyl (C=O) groups is 4. The molecule has 0 fully saturated rings. The molecule has 0 amide bonds. The third-order valence-electron chi connectivity index (χ3n) is 19.5. The Bertz CT molecular complexity index is 1960. The molecule has 17 nitrogen and oxygen atoms in total. The summed E-state index contributed by atoms with van der Waals surface area (Å²) in [4.78, 5) is 73.0. The number of unbranched alkanes of at least 4 members (excludes halogenated alkanes) is 52. The molecule has 0 aromatic rings. The number of hydrogen-bond donors (Lipinski definition) is 3. The standard InChI is InChI=1S/C83H162O17P2/c1-7-9-11-13-15-17-18-19-32-38-43-49-55-61-67-82(87)99-78(71-93-80(85)65-59-53-47-16-14-12-10-8-2)73-97-101(89,90)95-69-77(84)70-96-102(91,92)98-74-79(72-94-81(86)66-60-54-48-42-37-33-28-25-24-27-31-36-41-46-52-58-64-76(5)6)100-83(88)68-62-56-50-44-39-34-29-23-21-20-22-26-30-35-40-45-51-57-63-75(3)4/h75-79,84H,7-74H2,1-6H3,(H,89,90)(H,91,92)/t77-,78+,79+/m0/s1. The molecule has 3 N–H and O–H groups in total. The lowest BCUT2D eigenvalue weighted by Gasteiger charge is -2.21. The molecule has 0 aliphatic heterocycles. The molecular weight excluding hydrogens is 1330 g/mol. The van der Waals surface area contributed by atoms with Crippen molar-refractivity contribution in [3.8, 4) is 0 Å². The number of esters is 4. The van der Waals surface area contributed by atoms with E-state index in [-0.39, 0.29) is 25.7 Å². The van der Waals surface area contributed by atoms with Crippen LogP contribution in [-0.2, 0) is 65.4 Å². The van der Waals surface area contributed by atoms with E-state index in [1.165, 1.54) is 250 Å². The van der Waals surface area contributed by atoms with Gasteiger partial charge in [0.25, 0.3) is 0 Å². The van der Waals surface area contributed by atoms with E-state index in [0.29, 0.717) is 25.7 Å². The van der Waals surface area contributed by atoms with Gasteiger partial charge in [0.2, 0.25) is 0 Å². The first-order valence-corrected chi connectivity index (χ1v) is 46.0. The van der Waals surface area contributed by atoms with Crippen LogP contribution in [0.4, 0.5) is 0 Å². The zero-order valence-corrected chi connectivity index (χ0v) is 68.7. The van der Waals surface area contributed by atoms with Crippen molar-refractivity contribution in [3.63, 3.8) is 0 Å². The first kappa shape index (κ1) is 100. The van der Waals surface area contributed by atoms with E-state index in [1.54, 1.807) is 0 Å². The van der Waals surface area contributed by atoms with Crippen molar-refractivity contribution in [2.45, 2.75) is 458 Å². The fourth-order valence-corrected chi connectivity index (χ4v) is 14.5. The van der Waals surface area contributed by atoms with Crippen LogP contribution in [0.1, 0.15) is 440 Å². The van der Waals surface area contributed by atoms with Crippen LogP contribution in [0.25, 0.3) is 0 Å². The van der Waals surface area contributed by atoms with Crippen LogP contribution < -0.4 is 0 Å². The highest BCUT2D eigenvalue weighted by molar-refractivity contribution is 7.47. The number of phosphoric ester groups is 2. The quantitative estimate of drug-likeness (QED) is 0.0222. The fourth-order valence-electron chi connectivity index (χ4n) is 12.9. The molecule has 0 bridgehead atoms. The van der Waals surface area contributed by atoms with E-state index in [0.717, 1.165) is 108 Å². The molecule has 606 valence electrons. The van der Waals surface area contributed by atoms with E-state index < -0.39 is 97.5 Å². The van der Waals surface area contributed by atoms with Crippen LogP contribution in [0.5, 0.6) is 0 Å². The Labute approximate surface area is 626 Å². The molecule has 2 unspecified atom stereocenters. The van der Waals surface area contributed by atoms with Gasteiger partial charge in [-0.2, -0.15) is 0 Å². The second kappa shape index (κ2) is 74.5. The van der Waals surface area contributed by atoms with Gasteiger partial charge in [0.1, 0.15) is 19.3 Å². The minimum atomic E-state index is -4.96. The van der Waals surface area contributed by atoms with Crippen LogP contribution in [0, 0.1) is 11.8 Å². The van der Waals surface area contributed by atoms with Gasteiger partial charge in [-0.15, -0.1) is 0 Å². The molecule has 5 atom stereocenters. The van der Waals surface area contributed by atoms with Crippen LogP contribution in [-0.4, -0.2) is 96.7 Å². The summed E-state index contributed by atoms with van der Waals surface area (Å²) in [5.74, 6) is -0.475. The Morgan fingerprint density at radius 3 is 0.667 bits per heavy atom. The molecule has 0 heterocycles. The Hall–Kier alpha value is -1.94. The second-order valence-electron chi connectivity index (χ2n) is 30.8. The fraction of sp³-hybridized carbons (Fsp3) is 0.952. The summed E-state index contributed by atoms with van der Waals surface area (Å²) in [6.07, 6.45) is 65.3. The van der Waals surface area contributed by atoms with Gasteiger partial charge in [-0.1, -0.05) is 388 Å². The molecule has 0 aromatic heterocycles. The SMILES string of the molecule is CCCCCCCCCCCCCCCCC(=O)O[C@H](COC(=O)CCCCCCCCCC)COP(=O)(O)OC[C@H](O)COP(=O)(O)OC[C@@H](COC(=O)CCCCCCCCCCCCCCCCCCC(C)C)OC(=O)CCCCCCCCCCCCCCCCCCCCC(C)C. The molecule has 0 rings (SSSR count). The van der Waals surface area contributed by atoms with Crippen molar-refractivity contribution in [2.75, 3.05) is 39.6 Å². The summed E-state index contributed by atoms with van der Waals surface area (Å²) in [6.45, 7) is 9.69. The first-order chi connectivity index (χ1) is 49.4. The molecule has 0 saturated heterocycles. The maximum atomic E-state index is 13.1. The van der Waals surface area contributed by atoms with Crippen molar-refractivity contribution in [1.29, 1.82) is 0 Å². The van der Waals surface area contributed by atoms with E-state index in [4.69, 9.17) is 37.0 Å². The highest BCUT2D eigenvalue weighted by Crippen LogP contribution is 2.45. The average Bonchev–Trinajstić information content (AvgIpc) is 0.957. The molecular formula is C83H162O17P2. The third kappa shape index (κ3) is 76.3. The summed E-state index contributed by atoms with van der Waals surface area (Å²) >= 11 is 0. The number of aliphatic hydroxyl groups excluding tert-OH is 1. The summed E-state index contributed by atoms with van der Waals surface area (Å²) in [6, 6.07) is 0. The zero-order valence-electron chi connectivity index (χ0n) is 66.9. The highest BCUT2D eigenvalue weighted by atomic mass is 31.2. The Kier molecular flexibility index (Phi) is 73.1. The van der Waals surface area contributed by atoms with Crippen molar-refractivity contribution < 1.29 is 80.2 Å². The van der Waals surface area contributed by atoms with E-state index >= 15 is 0 Å². The minimum absolute atomic E-state index is 0.108. The molecule has 0 aromatic carbocycles. The molecule has 0 radical (unpaired) electrons. The molecule has 19 heteroatoms. The van der Waals surface area contributed by atoms with Crippen molar-refractivity contribution in [3.05, 3.63) is 0 Å². The van der Waals surface area contributed by atoms with Gasteiger partial charge in [0, 0.05) is 25.7 Å². The number of aliphatic hydroxyl groups is 1. The number of phosphoric acid groups is 2. The zero-order chi connectivity index (χ0) is 74.9. The maximum Gasteiger partial charge on any atom is 0.472 e.